The number of methoxy groups -OCH3 is 2. The Hall–Kier alpha value is -2.28. The lowest BCUT2D eigenvalue weighted by Gasteiger charge is -2.37. The molecule has 2 amide bonds. The van der Waals surface area contributed by atoms with Gasteiger partial charge in [-0.3, -0.25) is 9.59 Å². The second kappa shape index (κ2) is 8.46. The van der Waals surface area contributed by atoms with Crippen LogP contribution in [0, 0.1) is 11.3 Å². The van der Waals surface area contributed by atoms with Crippen molar-refractivity contribution in [3.63, 3.8) is 0 Å². The van der Waals surface area contributed by atoms with Gasteiger partial charge in [0.2, 0.25) is 5.91 Å². The van der Waals surface area contributed by atoms with E-state index in [1.54, 1.807) is 32.4 Å². The highest BCUT2D eigenvalue weighted by Gasteiger charge is 2.53. The number of piperazine rings is 1. The lowest BCUT2D eigenvalue weighted by molar-refractivity contribution is -0.139. The van der Waals surface area contributed by atoms with Gasteiger partial charge in [-0.25, -0.2) is 0 Å². The number of carbonyl (C=O) groups excluding carboxylic acids is 2. The first kappa shape index (κ1) is 21.0. The molecule has 3 fully saturated rings. The van der Waals surface area contributed by atoms with E-state index in [4.69, 9.17) is 9.47 Å². The summed E-state index contributed by atoms with van der Waals surface area (Å²) in [6.45, 7) is 4.56. The number of nitrogens with zero attached hydrogens (tertiary/aromatic N) is 3. The molecule has 2 saturated heterocycles. The number of hydrogen-bond acceptors (Lipinski definition) is 5. The van der Waals surface area contributed by atoms with E-state index in [2.05, 4.69) is 11.9 Å². The molecule has 3 aliphatic rings. The Labute approximate surface area is 178 Å². The van der Waals surface area contributed by atoms with Gasteiger partial charge in [-0.2, -0.15) is 0 Å². The van der Waals surface area contributed by atoms with E-state index in [0.29, 0.717) is 30.2 Å². The number of benzene rings is 1. The molecule has 1 spiro atoms. The molecule has 1 atom stereocenters. The average Bonchev–Trinajstić information content (AvgIpc) is 3.40. The number of hydrogen-bond donors (Lipinski definition) is 0. The maximum Gasteiger partial charge on any atom is 0.254 e. The first-order chi connectivity index (χ1) is 14.5. The van der Waals surface area contributed by atoms with Crippen LogP contribution in [0.1, 0.15) is 36.0 Å². The predicted octanol–water partition coefficient (Wildman–Crippen LogP) is 2.11. The molecule has 0 radical (unpaired) electrons. The number of carbonyl (C=O) groups is 2. The number of amides is 2. The first-order valence-electron chi connectivity index (χ1n) is 11.0. The number of likely N-dealkylation sites (N-methyl/N-ethyl adjacent to an activating group) is 1. The van der Waals surface area contributed by atoms with Gasteiger partial charge in [0, 0.05) is 56.3 Å². The summed E-state index contributed by atoms with van der Waals surface area (Å²) in [5.74, 6) is 1.28. The normalized spacial score (nSPS) is 23.8. The van der Waals surface area contributed by atoms with Gasteiger partial charge in [0.15, 0.2) is 0 Å². The molecule has 30 heavy (non-hydrogen) atoms. The van der Waals surface area contributed by atoms with Crippen LogP contribution in [0.2, 0.25) is 0 Å². The fourth-order valence-electron chi connectivity index (χ4n) is 5.41. The highest BCUT2D eigenvalue weighted by atomic mass is 16.5. The summed E-state index contributed by atoms with van der Waals surface area (Å²) in [5.41, 5.74) is 0.478. The molecule has 164 valence electrons. The lowest BCUT2D eigenvalue weighted by Crippen LogP contribution is -2.51. The molecule has 2 heterocycles. The molecule has 1 aliphatic carbocycles. The molecule has 2 aliphatic heterocycles. The van der Waals surface area contributed by atoms with Crippen LogP contribution >= 0.6 is 0 Å². The zero-order chi connectivity index (χ0) is 21.3. The lowest BCUT2D eigenvalue weighted by atomic mass is 9.76. The van der Waals surface area contributed by atoms with E-state index >= 15 is 0 Å². The van der Waals surface area contributed by atoms with Gasteiger partial charge in [0.25, 0.3) is 5.91 Å². The molecule has 7 heteroatoms. The molecule has 1 unspecified atom stereocenters. The standard InChI is InChI=1S/C23H33N3O4/c1-24-8-10-25(11-9-24)22(28)20-15-26(16-23(20)6-4-5-7-23)21(27)17-12-18(29-2)14-19(13-17)30-3/h12-14,20H,4-11,15-16H2,1-3H3. The monoisotopic (exact) mass is 415 g/mol. The highest BCUT2D eigenvalue weighted by molar-refractivity contribution is 5.96. The molecule has 1 aromatic rings. The van der Waals surface area contributed by atoms with Gasteiger partial charge >= 0.3 is 0 Å². The van der Waals surface area contributed by atoms with E-state index in [0.717, 1.165) is 51.9 Å². The Morgan fingerprint density at radius 2 is 1.53 bits per heavy atom. The maximum absolute atomic E-state index is 13.5. The smallest absolute Gasteiger partial charge is 0.254 e. The summed E-state index contributed by atoms with van der Waals surface area (Å²) in [5, 5.41) is 0. The van der Waals surface area contributed by atoms with Crippen molar-refractivity contribution in [2.75, 3.05) is 60.5 Å². The van der Waals surface area contributed by atoms with Crippen molar-refractivity contribution in [1.82, 2.24) is 14.7 Å². The van der Waals surface area contributed by atoms with Crippen molar-refractivity contribution in [3.8, 4) is 11.5 Å². The van der Waals surface area contributed by atoms with Crippen LogP contribution in [0.3, 0.4) is 0 Å². The summed E-state index contributed by atoms with van der Waals surface area (Å²) in [6.07, 6.45) is 4.34. The molecule has 1 saturated carbocycles. The van der Waals surface area contributed by atoms with Crippen molar-refractivity contribution in [3.05, 3.63) is 23.8 Å². The largest absolute Gasteiger partial charge is 0.497 e. The van der Waals surface area contributed by atoms with Crippen molar-refractivity contribution in [1.29, 1.82) is 0 Å². The zero-order valence-electron chi connectivity index (χ0n) is 18.4. The maximum atomic E-state index is 13.5. The van der Waals surface area contributed by atoms with E-state index in [9.17, 15) is 9.59 Å². The van der Waals surface area contributed by atoms with Crippen molar-refractivity contribution in [2.24, 2.45) is 11.3 Å². The molecular formula is C23H33N3O4. The Bertz CT molecular complexity index is 775. The summed E-state index contributed by atoms with van der Waals surface area (Å²) in [6, 6.07) is 5.27. The third-order valence-corrected chi connectivity index (χ3v) is 7.25. The number of likely N-dealkylation sites (tertiary alicyclic amines) is 1. The summed E-state index contributed by atoms with van der Waals surface area (Å²) in [4.78, 5) is 33.1. The van der Waals surface area contributed by atoms with Crippen LogP contribution in [0.25, 0.3) is 0 Å². The SMILES string of the molecule is COc1cc(OC)cc(C(=O)N2CC(C(=O)N3CCN(C)CC3)C3(CCCC3)C2)c1. The molecule has 0 aromatic heterocycles. The van der Waals surface area contributed by atoms with Gasteiger partial charge in [-0.1, -0.05) is 12.8 Å². The van der Waals surface area contributed by atoms with Crippen molar-refractivity contribution in [2.45, 2.75) is 25.7 Å². The van der Waals surface area contributed by atoms with Gasteiger partial charge in [-0.05, 0) is 32.0 Å². The second-order valence-electron chi connectivity index (χ2n) is 9.04. The predicted molar refractivity (Wildman–Crippen MR) is 114 cm³/mol. The first-order valence-corrected chi connectivity index (χ1v) is 11.0. The van der Waals surface area contributed by atoms with Crippen LogP contribution in [-0.2, 0) is 4.79 Å². The average molecular weight is 416 g/mol. The van der Waals surface area contributed by atoms with Crippen LogP contribution in [0.4, 0.5) is 0 Å². The molecular weight excluding hydrogens is 382 g/mol. The third-order valence-electron chi connectivity index (χ3n) is 7.25. The van der Waals surface area contributed by atoms with Crippen LogP contribution in [0.5, 0.6) is 11.5 Å². The molecule has 4 rings (SSSR count). The van der Waals surface area contributed by atoms with Crippen LogP contribution in [-0.4, -0.2) is 87.0 Å². The summed E-state index contributed by atoms with van der Waals surface area (Å²) < 4.78 is 10.7. The summed E-state index contributed by atoms with van der Waals surface area (Å²) >= 11 is 0. The zero-order valence-corrected chi connectivity index (χ0v) is 18.4. The highest BCUT2D eigenvalue weighted by Crippen LogP contribution is 2.50. The molecule has 0 N–H and O–H groups in total. The Morgan fingerprint density at radius 3 is 2.10 bits per heavy atom. The van der Waals surface area contributed by atoms with Gasteiger partial charge < -0.3 is 24.2 Å². The second-order valence-corrected chi connectivity index (χ2v) is 9.04. The minimum Gasteiger partial charge on any atom is -0.497 e. The molecule has 7 nitrogen and oxygen atoms in total. The number of ether oxygens (including phenoxy) is 2. The fraction of sp³-hybridized carbons (Fsp3) is 0.652. The minimum atomic E-state index is -0.0974. The van der Waals surface area contributed by atoms with Gasteiger partial charge in [0.1, 0.15) is 11.5 Å². The van der Waals surface area contributed by atoms with E-state index in [-0.39, 0.29) is 23.1 Å². The van der Waals surface area contributed by atoms with Crippen molar-refractivity contribution >= 4 is 11.8 Å². The van der Waals surface area contributed by atoms with Crippen molar-refractivity contribution < 1.29 is 19.1 Å². The molecule has 1 aromatic carbocycles. The number of rotatable bonds is 4. The van der Waals surface area contributed by atoms with Gasteiger partial charge in [-0.15, -0.1) is 0 Å². The van der Waals surface area contributed by atoms with E-state index in [1.165, 1.54) is 0 Å². The quantitative estimate of drug-likeness (QED) is 0.754. The third kappa shape index (κ3) is 3.87. The Kier molecular flexibility index (Phi) is 5.91. The van der Waals surface area contributed by atoms with Crippen LogP contribution in [0.15, 0.2) is 18.2 Å². The fourth-order valence-corrected chi connectivity index (χ4v) is 5.41. The Morgan fingerprint density at radius 1 is 0.933 bits per heavy atom. The molecule has 0 bridgehead atoms. The van der Waals surface area contributed by atoms with Gasteiger partial charge in [0.05, 0.1) is 20.1 Å². The summed E-state index contributed by atoms with van der Waals surface area (Å²) in [7, 11) is 5.26. The van der Waals surface area contributed by atoms with E-state index in [1.807, 2.05) is 9.80 Å². The van der Waals surface area contributed by atoms with Crippen LogP contribution < -0.4 is 9.47 Å². The minimum absolute atomic E-state index is 0.0489. The van der Waals surface area contributed by atoms with E-state index < -0.39 is 0 Å². The Balaban J connectivity index is 1.56. The topological polar surface area (TPSA) is 62.3 Å².